The van der Waals surface area contributed by atoms with Crippen molar-refractivity contribution >= 4 is 11.8 Å². The van der Waals surface area contributed by atoms with Crippen LogP contribution in [0, 0.1) is 28.6 Å². The monoisotopic (exact) mass is 287 g/mol. The molecule has 1 aliphatic heterocycles. The molecule has 3 heteroatoms. The van der Waals surface area contributed by atoms with Crippen LogP contribution in [0.15, 0.2) is 12.2 Å². The van der Waals surface area contributed by atoms with Gasteiger partial charge in [0, 0.05) is 6.04 Å². The molecule has 1 saturated heterocycles. The number of hydrogen-bond donors (Lipinski definition) is 0. The van der Waals surface area contributed by atoms with E-state index in [1.54, 1.807) is 4.90 Å². The van der Waals surface area contributed by atoms with Crippen molar-refractivity contribution in [3.63, 3.8) is 0 Å². The minimum absolute atomic E-state index is 0.0756. The number of allylic oxidation sites excluding steroid dienone is 2. The van der Waals surface area contributed by atoms with Gasteiger partial charge in [-0.2, -0.15) is 0 Å². The first-order chi connectivity index (χ1) is 9.88. The largest absolute Gasteiger partial charge is 0.278 e. The first-order valence-electron chi connectivity index (χ1n) is 8.40. The molecule has 0 radical (unpaired) electrons. The molecule has 0 aromatic heterocycles. The van der Waals surface area contributed by atoms with E-state index in [1.807, 2.05) is 0 Å². The van der Waals surface area contributed by atoms with E-state index in [-0.39, 0.29) is 40.5 Å². The van der Waals surface area contributed by atoms with E-state index in [1.165, 1.54) is 6.42 Å². The second-order valence-electron chi connectivity index (χ2n) is 8.33. The fourth-order valence-electron chi connectivity index (χ4n) is 5.68. The molecular weight excluding hydrogens is 262 g/mol. The van der Waals surface area contributed by atoms with Crippen LogP contribution in [0.1, 0.15) is 52.9 Å². The van der Waals surface area contributed by atoms with Crippen LogP contribution in [0.25, 0.3) is 0 Å². The normalized spacial score (nSPS) is 47.3. The highest BCUT2D eigenvalue weighted by Crippen LogP contribution is 2.67. The number of imide groups is 1. The molecule has 21 heavy (non-hydrogen) atoms. The summed E-state index contributed by atoms with van der Waals surface area (Å²) in [4.78, 5) is 27.4. The second kappa shape index (κ2) is 3.99. The molecule has 0 aromatic carbocycles. The SMILES string of the molecule is CC1(C)[C@@H]2CC[C@]1(C)[C@@H](N1C(=O)C3CC=CCC3C1=O)C2. The lowest BCUT2D eigenvalue weighted by Gasteiger charge is -2.42. The Morgan fingerprint density at radius 2 is 1.62 bits per heavy atom. The molecule has 1 heterocycles. The summed E-state index contributed by atoms with van der Waals surface area (Å²) in [6.07, 6.45) is 9.08. The summed E-state index contributed by atoms with van der Waals surface area (Å²) in [5.74, 6) is 0.739. The van der Waals surface area contributed by atoms with Gasteiger partial charge in [-0.3, -0.25) is 14.5 Å². The molecule has 4 aliphatic rings. The zero-order chi connectivity index (χ0) is 15.0. The Kier molecular flexibility index (Phi) is 2.57. The lowest BCUT2D eigenvalue weighted by molar-refractivity contribution is -0.146. The molecule has 0 N–H and O–H groups in total. The number of nitrogens with zero attached hydrogens (tertiary/aromatic N) is 1. The van der Waals surface area contributed by atoms with Crippen molar-refractivity contribution < 1.29 is 9.59 Å². The molecule has 5 atom stereocenters. The van der Waals surface area contributed by atoms with Crippen molar-refractivity contribution in [1.29, 1.82) is 0 Å². The maximum atomic E-state index is 12.8. The zero-order valence-corrected chi connectivity index (χ0v) is 13.3. The van der Waals surface area contributed by atoms with Gasteiger partial charge in [0.2, 0.25) is 11.8 Å². The number of rotatable bonds is 1. The van der Waals surface area contributed by atoms with Crippen LogP contribution in [0.3, 0.4) is 0 Å². The summed E-state index contributed by atoms with van der Waals surface area (Å²) >= 11 is 0. The maximum absolute atomic E-state index is 12.8. The molecule has 114 valence electrons. The topological polar surface area (TPSA) is 37.4 Å². The Balaban J connectivity index is 1.69. The van der Waals surface area contributed by atoms with Crippen LogP contribution in [0.5, 0.6) is 0 Å². The van der Waals surface area contributed by atoms with Gasteiger partial charge >= 0.3 is 0 Å². The van der Waals surface area contributed by atoms with Gasteiger partial charge in [0.25, 0.3) is 0 Å². The van der Waals surface area contributed by atoms with Crippen LogP contribution in [0.2, 0.25) is 0 Å². The summed E-state index contributed by atoms with van der Waals surface area (Å²) < 4.78 is 0. The second-order valence-corrected chi connectivity index (χ2v) is 8.33. The van der Waals surface area contributed by atoms with Crippen LogP contribution in [0.4, 0.5) is 0 Å². The molecule has 0 spiro atoms. The smallest absolute Gasteiger partial charge is 0.233 e. The third-order valence-electron chi connectivity index (χ3n) is 7.60. The number of amides is 2. The number of hydrogen-bond acceptors (Lipinski definition) is 2. The van der Waals surface area contributed by atoms with Crippen LogP contribution in [-0.2, 0) is 9.59 Å². The Morgan fingerprint density at radius 3 is 2.05 bits per heavy atom. The molecule has 3 nitrogen and oxygen atoms in total. The van der Waals surface area contributed by atoms with Crippen LogP contribution >= 0.6 is 0 Å². The fourth-order valence-corrected chi connectivity index (χ4v) is 5.68. The van der Waals surface area contributed by atoms with Gasteiger partial charge in [-0.05, 0) is 48.9 Å². The minimum Gasteiger partial charge on any atom is -0.278 e. The highest BCUT2D eigenvalue weighted by atomic mass is 16.2. The van der Waals surface area contributed by atoms with Gasteiger partial charge in [0.05, 0.1) is 11.8 Å². The lowest BCUT2D eigenvalue weighted by atomic mass is 9.69. The van der Waals surface area contributed by atoms with E-state index < -0.39 is 0 Å². The molecule has 4 rings (SSSR count). The highest BCUT2D eigenvalue weighted by molar-refractivity contribution is 6.05. The van der Waals surface area contributed by atoms with Crippen LogP contribution in [-0.4, -0.2) is 22.8 Å². The van der Waals surface area contributed by atoms with E-state index in [0.717, 1.165) is 25.7 Å². The molecule has 3 fully saturated rings. The van der Waals surface area contributed by atoms with Crippen molar-refractivity contribution in [2.75, 3.05) is 0 Å². The van der Waals surface area contributed by atoms with Crippen LogP contribution < -0.4 is 0 Å². The van der Waals surface area contributed by atoms with Crippen molar-refractivity contribution in [3.8, 4) is 0 Å². The van der Waals surface area contributed by atoms with Gasteiger partial charge in [0.1, 0.15) is 0 Å². The first-order valence-corrected chi connectivity index (χ1v) is 8.40. The average Bonchev–Trinajstić information content (AvgIpc) is 2.92. The van der Waals surface area contributed by atoms with E-state index in [2.05, 4.69) is 32.9 Å². The quantitative estimate of drug-likeness (QED) is 0.549. The molecule has 3 aliphatic carbocycles. The molecular formula is C18H25NO2. The Labute approximate surface area is 126 Å². The summed E-state index contributed by atoms with van der Waals surface area (Å²) in [6, 6.07) is 0.136. The fraction of sp³-hybridized carbons (Fsp3) is 0.778. The molecule has 2 unspecified atom stereocenters. The molecule has 2 amide bonds. The summed E-state index contributed by atoms with van der Waals surface area (Å²) in [5.41, 5.74) is 0.341. The Morgan fingerprint density at radius 1 is 1.05 bits per heavy atom. The van der Waals surface area contributed by atoms with Gasteiger partial charge in [-0.25, -0.2) is 0 Å². The van der Waals surface area contributed by atoms with Gasteiger partial charge in [-0.15, -0.1) is 0 Å². The van der Waals surface area contributed by atoms with Crippen molar-refractivity contribution in [2.45, 2.75) is 58.9 Å². The van der Waals surface area contributed by atoms with E-state index in [0.29, 0.717) is 5.92 Å². The number of carbonyl (C=O) groups is 2. The maximum Gasteiger partial charge on any atom is 0.233 e. The standard InChI is InChI=1S/C18H25NO2/c1-17(2)11-8-9-18(17,3)14(10-11)19-15(20)12-6-4-5-7-13(12)16(19)21/h4-5,11-14H,6-10H2,1-3H3/t11-,12?,13?,14+,18-/m1/s1. The Hall–Kier alpha value is -1.12. The van der Waals surface area contributed by atoms with Crippen molar-refractivity contribution in [2.24, 2.45) is 28.6 Å². The summed E-state index contributed by atoms with van der Waals surface area (Å²) in [7, 11) is 0. The number of likely N-dealkylation sites (tertiary alicyclic amines) is 1. The van der Waals surface area contributed by atoms with Gasteiger partial charge in [-0.1, -0.05) is 32.9 Å². The highest BCUT2D eigenvalue weighted by Gasteiger charge is 2.66. The summed E-state index contributed by atoms with van der Waals surface area (Å²) in [5, 5.41) is 0. The molecule has 2 bridgehead atoms. The van der Waals surface area contributed by atoms with E-state index in [9.17, 15) is 9.59 Å². The zero-order valence-electron chi connectivity index (χ0n) is 13.3. The lowest BCUT2D eigenvalue weighted by Crippen LogP contribution is -2.50. The van der Waals surface area contributed by atoms with E-state index in [4.69, 9.17) is 0 Å². The molecule has 2 saturated carbocycles. The summed E-state index contributed by atoms with van der Waals surface area (Å²) in [6.45, 7) is 6.99. The van der Waals surface area contributed by atoms with Crippen molar-refractivity contribution in [1.82, 2.24) is 4.90 Å². The minimum atomic E-state index is -0.0756. The average molecular weight is 287 g/mol. The predicted molar refractivity (Wildman–Crippen MR) is 80.2 cm³/mol. The predicted octanol–water partition coefficient (Wildman–Crippen LogP) is 3.15. The third-order valence-corrected chi connectivity index (χ3v) is 7.60. The van der Waals surface area contributed by atoms with Gasteiger partial charge < -0.3 is 0 Å². The molecule has 0 aromatic rings. The van der Waals surface area contributed by atoms with Gasteiger partial charge in [0.15, 0.2) is 0 Å². The number of carbonyl (C=O) groups excluding carboxylic acids is 2. The first kappa shape index (κ1) is 13.5. The number of fused-ring (bicyclic) bond motifs is 3. The Bertz CT molecular complexity index is 523. The van der Waals surface area contributed by atoms with E-state index >= 15 is 0 Å². The van der Waals surface area contributed by atoms with Crippen molar-refractivity contribution in [3.05, 3.63) is 12.2 Å². The third kappa shape index (κ3) is 1.45.